The van der Waals surface area contributed by atoms with Gasteiger partial charge in [-0.05, 0) is 49.8 Å². The zero-order valence-corrected chi connectivity index (χ0v) is 13.7. The third-order valence-corrected chi connectivity index (χ3v) is 4.07. The fourth-order valence-electron chi connectivity index (χ4n) is 2.66. The number of amides is 2. The second kappa shape index (κ2) is 9.20. The van der Waals surface area contributed by atoms with Crippen LogP contribution in [-0.4, -0.2) is 31.3 Å². The molecule has 0 aliphatic heterocycles. The molecule has 0 radical (unpaired) electrons. The van der Waals surface area contributed by atoms with Crippen LogP contribution in [0.3, 0.4) is 0 Å². The number of methoxy groups -OCH3 is 1. The standard InChI is InChI=1S/C18H26N2O3/c1-23-16-9-7-15(8-10-16)17(21)13-20-18(22)19-12-11-14-5-3-2-4-6-14/h5,7-10,17,21H,2-4,6,11-13H2,1H3,(H2,19,20,22). The molecule has 1 aromatic rings. The number of ether oxygens (including phenoxy) is 1. The van der Waals surface area contributed by atoms with Crippen molar-refractivity contribution in [2.75, 3.05) is 20.2 Å². The van der Waals surface area contributed by atoms with Crippen molar-refractivity contribution in [2.24, 2.45) is 0 Å². The topological polar surface area (TPSA) is 70.6 Å². The zero-order chi connectivity index (χ0) is 16.5. The van der Waals surface area contributed by atoms with Crippen LogP contribution in [-0.2, 0) is 0 Å². The quantitative estimate of drug-likeness (QED) is 0.677. The van der Waals surface area contributed by atoms with Crippen LogP contribution in [0.4, 0.5) is 4.79 Å². The van der Waals surface area contributed by atoms with Crippen LogP contribution in [0.1, 0.15) is 43.8 Å². The summed E-state index contributed by atoms with van der Waals surface area (Å²) in [4.78, 5) is 11.7. The van der Waals surface area contributed by atoms with E-state index in [-0.39, 0.29) is 12.6 Å². The zero-order valence-electron chi connectivity index (χ0n) is 13.7. The Morgan fingerprint density at radius 1 is 1.26 bits per heavy atom. The molecule has 5 heteroatoms. The minimum absolute atomic E-state index is 0.181. The van der Waals surface area contributed by atoms with Gasteiger partial charge in [0.2, 0.25) is 0 Å². The Balaban J connectivity index is 1.65. The van der Waals surface area contributed by atoms with E-state index in [0.717, 1.165) is 30.6 Å². The Morgan fingerprint density at radius 3 is 2.70 bits per heavy atom. The molecule has 126 valence electrons. The molecule has 1 aliphatic carbocycles. The number of hydrogen-bond acceptors (Lipinski definition) is 3. The maximum Gasteiger partial charge on any atom is 0.314 e. The van der Waals surface area contributed by atoms with Gasteiger partial charge >= 0.3 is 6.03 Å². The Kier molecular flexibility index (Phi) is 6.94. The molecular formula is C18H26N2O3. The van der Waals surface area contributed by atoms with Crippen LogP contribution < -0.4 is 15.4 Å². The highest BCUT2D eigenvalue weighted by Gasteiger charge is 2.10. The molecule has 1 unspecified atom stereocenters. The molecule has 0 bridgehead atoms. The number of urea groups is 1. The van der Waals surface area contributed by atoms with E-state index in [9.17, 15) is 9.90 Å². The lowest BCUT2D eigenvalue weighted by Crippen LogP contribution is -2.38. The van der Waals surface area contributed by atoms with Crippen LogP contribution in [0.2, 0.25) is 0 Å². The van der Waals surface area contributed by atoms with E-state index in [2.05, 4.69) is 16.7 Å². The SMILES string of the molecule is COc1ccc(C(O)CNC(=O)NCCC2=CCCCC2)cc1. The molecule has 5 nitrogen and oxygen atoms in total. The number of rotatable bonds is 7. The van der Waals surface area contributed by atoms with Crippen molar-refractivity contribution < 1.29 is 14.6 Å². The summed E-state index contributed by atoms with van der Waals surface area (Å²) in [7, 11) is 1.60. The summed E-state index contributed by atoms with van der Waals surface area (Å²) in [6.07, 6.45) is 7.32. The number of allylic oxidation sites excluding steroid dienone is 1. The van der Waals surface area contributed by atoms with E-state index in [1.165, 1.54) is 18.4 Å². The van der Waals surface area contributed by atoms with Gasteiger partial charge in [0.15, 0.2) is 0 Å². The normalized spacial score (nSPS) is 15.5. The van der Waals surface area contributed by atoms with Crippen LogP contribution >= 0.6 is 0 Å². The van der Waals surface area contributed by atoms with Gasteiger partial charge in [-0.3, -0.25) is 0 Å². The Hall–Kier alpha value is -2.01. The molecule has 0 heterocycles. The summed E-state index contributed by atoms with van der Waals surface area (Å²) in [6.45, 7) is 0.817. The molecule has 0 fully saturated rings. The summed E-state index contributed by atoms with van der Waals surface area (Å²) in [5.74, 6) is 0.740. The first-order valence-electron chi connectivity index (χ1n) is 8.20. The van der Waals surface area contributed by atoms with Crippen molar-refractivity contribution >= 4 is 6.03 Å². The van der Waals surface area contributed by atoms with E-state index < -0.39 is 6.10 Å². The van der Waals surface area contributed by atoms with Gasteiger partial charge < -0.3 is 20.5 Å². The highest BCUT2D eigenvalue weighted by Crippen LogP contribution is 2.19. The molecule has 1 aromatic carbocycles. The number of carbonyl (C=O) groups is 1. The van der Waals surface area contributed by atoms with Crippen LogP contribution in [0.25, 0.3) is 0 Å². The van der Waals surface area contributed by atoms with Gasteiger partial charge in [-0.2, -0.15) is 0 Å². The Labute approximate surface area is 137 Å². The number of nitrogens with one attached hydrogen (secondary N) is 2. The highest BCUT2D eigenvalue weighted by molar-refractivity contribution is 5.73. The maximum absolute atomic E-state index is 11.7. The van der Waals surface area contributed by atoms with E-state index in [1.807, 2.05) is 0 Å². The van der Waals surface area contributed by atoms with Gasteiger partial charge in [0.05, 0.1) is 13.2 Å². The first kappa shape index (κ1) is 17.3. The van der Waals surface area contributed by atoms with Crippen molar-refractivity contribution in [1.82, 2.24) is 10.6 Å². The third-order valence-electron chi connectivity index (χ3n) is 4.07. The van der Waals surface area contributed by atoms with Crippen molar-refractivity contribution in [3.05, 3.63) is 41.5 Å². The van der Waals surface area contributed by atoms with E-state index >= 15 is 0 Å². The van der Waals surface area contributed by atoms with Gasteiger partial charge in [0.1, 0.15) is 5.75 Å². The lowest BCUT2D eigenvalue weighted by Gasteiger charge is -2.15. The molecule has 0 saturated heterocycles. The first-order valence-corrected chi connectivity index (χ1v) is 8.20. The maximum atomic E-state index is 11.7. The molecule has 2 amide bonds. The van der Waals surface area contributed by atoms with Crippen LogP contribution in [0.15, 0.2) is 35.9 Å². The number of benzene rings is 1. The number of carbonyl (C=O) groups excluding carboxylic acids is 1. The van der Waals surface area contributed by atoms with Gasteiger partial charge in [-0.1, -0.05) is 23.8 Å². The van der Waals surface area contributed by atoms with E-state index in [0.29, 0.717) is 6.54 Å². The molecular weight excluding hydrogens is 292 g/mol. The Morgan fingerprint density at radius 2 is 2.04 bits per heavy atom. The van der Waals surface area contributed by atoms with Gasteiger partial charge in [0.25, 0.3) is 0 Å². The average molecular weight is 318 g/mol. The molecule has 0 aromatic heterocycles. The van der Waals surface area contributed by atoms with Crippen molar-refractivity contribution in [2.45, 2.75) is 38.2 Å². The summed E-state index contributed by atoms with van der Waals surface area (Å²) < 4.78 is 5.08. The highest BCUT2D eigenvalue weighted by atomic mass is 16.5. The molecule has 23 heavy (non-hydrogen) atoms. The average Bonchev–Trinajstić information content (AvgIpc) is 2.60. The van der Waals surface area contributed by atoms with Crippen LogP contribution in [0.5, 0.6) is 5.75 Å². The predicted molar refractivity (Wildman–Crippen MR) is 90.5 cm³/mol. The number of hydrogen-bond donors (Lipinski definition) is 3. The summed E-state index contributed by atoms with van der Waals surface area (Å²) >= 11 is 0. The molecule has 1 aliphatic rings. The summed E-state index contributed by atoms with van der Waals surface area (Å²) in [5, 5.41) is 15.6. The monoisotopic (exact) mass is 318 g/mol. The molecule has 0 spiro atoms. The van der Waals surface area contributed by atoms with E-state index in [1.54, 1.807) is 31.4 Å². The first-order chi connectivity index (χ1) is 11.2. The largest absolute Gasteiger partial charge is 0.497 e. The number of aliphatic hydroxyl groups excluding tert-OH is 1. The Bertz CT molecular complexity index is 526. The third kappa shape index (κ3) is 5.94. The smallest absolute Gasteiger partial charge is 0.314 e. The van der Waals surface area contributed by atoms with Crippen molar-refractivity contribution in [3.8, 4) is 5.75 Å². The molecule has 1 atom stereocenters. The lowest BCUT2D eigenvalue weighted by molar-refractivity contribution is 0.173. The van der Waals surface area contributed by atoms with Crippen molar-refractivity contribution in [1.29, 1.82) is 0 Å². The second-order valence-corrected chi connectivity index (χ2v) is 5.78. The van der Waals surface area contributed by atoms with Crippen molar-refractivity contribution in [3.63, 3.8) is 0 Å². The molecule has 0 saturated carbocycles. The van der Waals surface area contributed by atoms with Crippen LogP contribution in [0, 0.1) is 0 Å². The summed E-state index contributed by atoms with van der Waals surface area (Å²) in [6, 6.07) is 6.92. The fraction of sp³-hybridized carbons (Fsp3) is 0.500. The minimum Gasteiger partial charge on any atom is -0.497 e. The van der Waals surface area contributed by atoms with E-state index in [4.69, 9.17) is 4.74 Å². The second-order valence-electron chi connectivity index (χ2n) is 5.78. The fourth-order valence-corrected chi connectivity index (χ4v) is 2.66. The molecule has 3 N–H and O–H groups in total. The molecule has 2 rings (SSSR count). The predicted octanol–water partition coefficient (Wildman–Crippen LogP) is 2.92. The van der Waals surface area contributed by atoms with Gasteiger partial charge in [-0.15, -0.1) is 0 Å². The van der Waals surface area contributed by atoms with Gasteiger partial charge in [0, 0.05) is 13.1 Å². The van der Waals surface area contributed by atoms with Gasteiger partial charge in [-0.25, -0.2) is 4.79 Å². The lowest BCUT2D eigenvalue weighted by atomic mass is 9.97. The summed E-state index contributed by atoms with van der Waals surface area (Å²) in [5.41, 5.74) is 2.19. The number of aliphatic hydroxyl groups is 1. The minimum atomic E-state index is -0.729.